The first kappa shape index (κ1) is 9.88. The van der Waals surface area contributed by atoms with Gasteiger partial charge in [0.2, 0.25) is 0 Å². The van der Waals surface area contributed by atoms with Crippen molar-refractivity contribution in [3.05, 3.63) is 0 Å². The molecule has 6 heteroatoms. The molecule has 0 N–H and O–H groups in total. The highest BCUT2D eigenvalue weighted by Crippen LogP contribution is 2.35. The predicted molar refractivity (Wildman–Crippen MR) is 24.8 cm³/mol. The van der Waals surface area contributed by atoms with Gasteiger partial charge in [0.15, 0.2) is 0 Å². The van der Waals surface area contributed by atoms with Crippen LogP contribution in [0.15, 0.2) is 0 Å². The molecule has 62 valence electrons. The number of ketones is 1. The van der Waals surface area contributed by atoms with Crippen molar-refractivity contribution in [2.45, 2.75) is 12.1 Å². The van der Waals surface area contributed by atoms with Crippen LogP contribution < -0.4 is 0 Å². The number of Topliss-reactive ketones (excluding diaryl/α,β-unsaturated/α-hetero) is 1. The van der Waals surface area contributed by atoms with Crippen LogP contribution in [0.1, 0.15) is 0 Å². The smallest absolute Gasteiger partial charge is 0.278 e. The van der Waals surface area contributed by atoms with Crippen LogP contribution in [0.5, 0.6) is 0 Å². The highest BCUT2D eigenvalue weighted by molar-refractivity contribution is 6.00. The van der Waals surface area contributed by atoms with Crippen molar-refractivity contribution in [3.63, 3.8) is 0 Å². The molecule has 0 aromatic carbocycles. The van der Waals surface area contributed by atoms with Crippen molar-refractivity contribution in [1.82, 2.24) is 0 Å². The number of carbonyl (C=O) groups excluding carboxylic acids is 1. The summed E-state index contributed by atoms with van der Waals surface area (Å²) in [7, 11) is 0. The zero-order chi connectivity index (χ0) is 9.28. The Morgan fingerprint density at radius 2 is 1.55 bits per heavy atom. The molecule has 0 bridgehead atoms. The Hall–Kier alpha value is -1.12. The fourth-order valence-corrected chi connectivity index (χ4v) is 0.219. The van der Waals surface area contributed by atoms with Gasteiger partial charge in [-0.15, -0.1) is 6.42 Å². The zero-order valence-electron chi connectivity index (χ0n) is 4.88. The van der Waals surface area contributed by atoms with E-state index in [0.717, 1.165) is 0 Å². The van der Waals surface area contributed by atoms with Crippen LogP contribution in [0, 0.1) is 12.3 Å². The third-order valence-electron chi connectivity index (χ3n) is 0.772. The highest BCUT2D eigenvalue weighted by Gasteiger charge is 2.62. The van der Waals surface area contributed by atoms with Crippen LogP contribution in [-0.2, 0) is 4.79 Å². The largest absolute Gasteiger partial charge is 0.462 e. The Morgan fingerprint density at radius 3 is 1.64 bits per heavy atom. The van der Waals surface area contributed by atoms with E-state index in [-0.39, 0.29) is 0 Å². The lowest BCUT2D eigenvalue weighted by atomic mass is 10.2. The van der Waals surface area contributed by atoms with Gasteiger partial charge in [-0.2, -0.15) is 22.0 Å². The lowest BCUT2D eigenvalue weighted by molar-refractivity contribution is -0.265. The summed E-state index contributed by atoms with van der Waals surface area (Å²) in [6.07, 6.45) is -1.83. The molecular formula is C5HF5O. The number of rotatable bonds is 1. The fourth-order valence-electron chi connectivity index (χ4n) is 0.219. The van der Waals surface area contributed by atoms with Gasteiger partial charge in [0.1, 0.15) is 0 Å². The molecule has 0 atom stereocenters. The molecule has 0 rings (SSSR count). The minimum Gasteiger partial charge on any atom is -0.278 e. The fraction of sp³-hybridized carbons (Fsp3) is 0.400. The van der Waals surface area contributed by atoms with E-state index in [2.05, 4.69) is 6.42 Å². The Morgan fingerprint density at radius 1 is 1.18 bits per heavy atom. The molecule has 0 spiro atoms. The molecule has 0 aromatic heterocycles. The molecule has 0 aliphatic rings. The summed E-state index contributed by atoms with van der Waals surface area (Å²) >= 11 is 0. The van der Waals surface area contributed by atoms with Crippen molar-refractivity contribution in [2.75, 3.05) is 0 Å². The average Bonchev–Trinajstić information content (AvgIpc) is 1.83. The molecule has 0 aliphatic carbocycles. The molecule has 11 heavy (non-hydrogen) atoms. The van der Waals surface area contributed by atoms with Crippen LogP contribution in [0.2, 0.25) is 0 Å². The standard InChI is InChI=1S/C5HF5O/c1-2-3(11)4(6,7)5(8,9)10/h1H. The molecule has 0 heterocycles. The maximum Gasteiger partial charge on any atom is 0.462 e. The molecular weight excluding hydrogens is 171 g/mol. The van der Waals surface area contributed by atoms with Gasteiger partial charge < -0.3 is 0 Å². The Balaban J connectivity index is 4.77. The van der Waals surface area contributed by atoms with E-state index in [1.165, 1.54) is 0 Å². The second kappa shape index (κ2) is 2.49. The lowest BCUT2D eigenvalue weighted by Gasteiger charge is -2.14. The monoisotopic (exact) mass is 172 g/mol. The van der Waals surface area contributed by atoms with E-state index >= 15 is 0 Å². The molecule has 0 radical (unpaired) electrons. The molecule has 0 saturated carbocycles. The second-order valence-corrected chi connectivity index (χ2v) is 1.55. The zero-order valence-corrected chi connectivity index (χ0v) is 4.88. The van der Waals surface area contributed by atoms with E-state index in [1.54, 1.807) is 0 Å². The molecule has 0 aromatic rings. The number of hydrogen-bond acceptors (Lipinski definition) is 1. The summed E-state index contributed by atoms with van der Waals surface area (Å²) < 4.78 is 57.0. The number of hydrogen-bond donors (Lipinski definition) is 0. The van der Waals surface area contributed by atoms with Crippen molar-refractivity contribution >= 4 is 5.78 Å². The van der Waals surface area contributed by atoms with E-state index in [4.69, 9.17) is 0 Å². The minimum absolute atomic E-state index is 0.703. The molecule has 0 fully saturated rings. The van der Waals surface area contributed by atoms with E-state index in [9.17, 15) is 26.7 Å². The van der Waals surface area contributed by atoms with Crippen molar-refractivity contribution < 1.29 is 26.7 Å². The Bertz CT molecular complexity index is 208. The second-order valence-electron chi connectivity index (χ2n) is 1.55. The highest BCUT2D eigenvalue weighted by atomic mass is 19.4. The van der Waals surface area contributed by atoms with E-state index in [0.29, 0.717) is 5.92 Å². The maximum absolute atomic E-state index is 11.7. The summed E-state index contributed by atoms with van der Waals surface area (Å²) in [4.78, 5) is 9.77. The molecule has 0 aliphatic heterocycles. The summed E-state index contributed by atoms with van der Waals surface area (Å²) in [5.41, 5.74) is 0. The van der Waals surface area contributed by atoms with Gasteiger partial charge in [0, 0.05) is 0 Å². The Labute approximate surface area is 58.2 Å². The van der Waals surface area contributed by atoms with Gasteiger partial charge in [-0.3, -0.25) is 4.79 Å². The van der Waals surface area contributed by atoms with Gasteiger partial charge in [-0.1, -0.05) is 0 Å². The first-order valence-corrected chi connectivity index (χ1v) is 2.19. The van der Waals surface area contributed by atoms with Crippen LogP contribution in [0.3, 0.4) is 0 Å². The normalized spacial score (nSPS) is 12.4. The van der Waals surface area contributed by atoms with Crippen LogP contribution >= 0.6 is 0 Å². The first-order valence-electron chi connectivity index (χ1n) is 2.19. The Kier molecular flexibility index (Phi) is 2.24. The van der Waals surface area contributed by atoms with Crippen molar-refractivity contribution in [1.29, 1.82) is 0 Å². The maximum atomic E-state index is 11.7. The van der Waals surface area contributed by atoms with Crippen LogP contribution in [0.25, 0.3) is 0 Å². The van der Waals surface area contributed by atoms with Gasteiger partial charge in [-0.05, 0) is 5.92 Å². The molecule has 0 saturated heterocycles. The first-order chi connectivity index (χ1) is 4.73. The molecule has 1 nitrogen and oxygen atoms in total. The van der Waals surface area contributed by atoms with Gasteiger partial charge in [0.05, 0.1) is 0 Å². The molecule has 0 amide bonds. The van der Waals surface area contributed by atoms with Crippen LogP contribution in [0.4, 0.5) is 22.0 Å². The van der Waals surface area contributed by atoms with Crippen molar-refractivity contribution in [2.24, 2.45) is 0 Å². The van der Waals surface area contributed by atoms with Crippen LogP contribution in [-0.4, -0.2) is 17.9 Å². The third kappa shape index (κ3) is 1.67. The quantitative estimate of drug-likeness (QED) is 0.332. The number of terminal acetylenes is 1. The number of alkyl halides is 5. The number of carbonyl (C=O) groups is 1. The van der Waals surface area contributed by atoms with E-state index < -0.39 is 17.9 Å². The average molecular weight is 172 g/mol. The summed E-state index contributed by atoms with van der Waals surface area (Å²) in [6.45, 7) is 0. The summed E-state index contributed by atoms with van der Waals surface area (Å²) in [6, 6.07) is 0. The van der Waals surface area contributed by atoms with Gasteiger partial charge in [0.25, 0.3) is 5.78 Å². The van der Waals surface area contributed by atoms with E-state index in [1.807, 2.05) is 0 Å². The van der Waals surface area contributed by atoms with Gasteiger partial charge in [-0.25, -0.2) is 0 Å². The number of halogens is 5. The molecule has 0 unspecified atom stereocenters. The topological polar surface area (TPSA) is 17.1 Å². The summed E-state index contributed by atoms with van der Waals surface area (Å²) in [5.74, 6) is -7.30. The van der Waals surface area contributed by atoms with Crippen molar-refractivity contribution in [3.8, 4) is 12.3 Å². The predicted octanol–water partition coefficient (Wildman–Crippen LogP) is 1.39. The summed E-state index contributed by atoms with van der Waals surface area (Å²) in [5, 5.41) is 0. The SMILES string of the molecule is C#CC(=O)C(F)(F)C(F)(F)F. The van der Waals surface area contributed by atoms with Gasteiger partial charge >= 0.3 is 12.1 Å². The lowest BCUT2D eigenvalue weighted by Crippen LogP contribution is -2.43. The minimum atomic E-state index is -5.91. The third-order valence-corrected chi connectivity index (χ3v) is 0.772.